The number of rotatable bonds is 3. The van der Waals surface area contributed by atoms with E-state index in [2.05, 4.69) is 4.98 Å². The minimum Gasteiger partial charge on any atom is -0.477 e. The van der Waals surface area contributed by atoms with Crippen molar-refractivity contribution in [2.75, 3.05) is 0 Å². The molecular formula is C13H7F3INO3. The van der Waals surface area contributed by atoms with Gasteiger partial charge in [0.05, 0.1) is 3.57 Å². The summed E-state index contributed by atoms with van der Waals surface area (Å²) in [5.74, 6) is -1.79. The molecule has 0 amide bonds. The molecule has 0 unspecified atom stereocenters. The minimum absolute atomic E-state index is 0.229. The molecule has 1 aromatic carbocycles. The number of aromatic carboxylic acids is 1. The zero-order chi connectivity index (χ0) is 15.6. The second-order valence-electron chi connectivity index (χ2n) is 3.88. The molecule has 1 aromatic heterocycles. The molecule has 0 aliphatic heterocycles. The van der Waals surface area contributed by atoms with Gasteiger partial charge in [-0.05, 0) is 46.9 Å². The minimum atomic E-state index is -4.68. The number of para-hydroxylation sites is 1. The number of hydrogen-bond donors (Lipinski definition) is 1. The predicted octanol–water partition coefficient (Wildman–Crippen LogP) is 4.20. The van der Waals surface area contributed by atoms with Crippen molar-refractivity contribution in [3.8, 4) is 11.6 Å². The third-order valence-electron chi connectivity index (χ3n) is 2.42. The topological polar surface area (TPSA) is 59.4 Å². The summed E-state index contributed by atoms with van der Waals surface area (Å²) in [6.07, 6.45) is -4.68. The van der Waals surface area contributed by atoms with Gasteiger partial charge in [0.2, 0.25) is 5.88 Å². The highest BCUT2D eigenvalue weighted by molar-refractivity contribution is 14.1. The monoisotopic (exact) mass is 409 g/mol. The molecule has 1 N–H and O–H groups in total. The Morgan fingerprint density at radius 2 is 1.86 bits per heavy atom. The summed E-state index contributed by atoms with van der Waals surface area (Å²) in [5, 5.41) is 9.00. The quantitative estimate of drug-likeness (QED) is 0.773. The van der Waals surface area contributed by atoms with E-state index < -0.39 is 29.3 Å². The summed E-state index contributed by atoms with van der Waals surface area (Å²) in [6.45, 7) is 0. The molecule has 0 saturated heterocycles. The number of alkyl halides is 3. The summed E-state index contributed by atoms with van der Waals surface area (Å²) < 4.78 is 43.8. The smallest absolute Gasteiger partial charge is 0.433 e. The van der Waals surface area contributed by atoms with Gasteiger partial charge >= 0.3 is 12.1 Å². The van der Waals surface area contributed by atoms with Gasteiger partial charge in [-0.1, -0.05) is 12.1 Å². The first-order valence-electron chi connectivity index (χ1n) is 5.53. The maximum Gasteiger partial charge on any atom is 0.433 e. The third-order valence-corrected chi connectivity index (χ3v) is 3.32. The Bertz CT molecular complexity index is 689. The fraction of sp³-hybridized carbons (Fsp3) is 0.0769. The molecule has 21 heavy (non-hydrogen) atoms. The number of pyridine rings is 1. The number of hydrogen-bond acceptors (Lipinski definition) is 3. The number of aromatic nitrogens is 1. The molecule has 4 nitrogen and oxygen atoms in total. The predicted molar refractivity (Wildman–Crippen MR) is 75.4 cm³/mol. The third kappa shape index (κ3) is 3.63. The Morgan fingerprint density at radius 1 is 1.19 bits per heavy atom. The van der Waals surface area contributed by atoms with Crippen molar-refractivity contribution in [1.29, 1.82) is 0 Å². The van der Waals surface area contributed by atoms with E-state index in [0.717, 1.165) is 6.07 Å². The van der Waals surface area contributed by atoms with Crippen LogP contribution >= 0.6 is 22.6 Å². The van der Waals surface area contributed by atoms with Gasteiger partial charge in [-0.15, -0.1) is 0 Å². The first-order chi connectivity index (χ1) is 9.79. The Morgan fingerprint density at radius 3 is 2.43 bits per heavy atom. The number of nitrogens with zero attached hydrogens (tertiary/aromatic N) is 1. The number of halogens is 4. The van der Waals surface area contributed by atoms with Crippen LogP contribution < -0.4 is 4.74 Å². The van der Waals surface area contributed by atoms with Crippen LogP contribution in [0.25, 0.3) is 0 Å². The van der Waals surface area contributed by atoms with Crippen LogP contribution in [0.4, 0.5) is 13.2 Å². The van der Waals surface area contributed by atoms with Crippen LogP contribution in [0.3, 0.4) is 0 Å². The van der Waals surface area contributed by atoms with Crippen LogP contribution in [0.5, 0.6) is 11.6 Å². The summed E-state index contributed by atoms with van der Waals surface area (Å²) >= 11 is 1.92. The normalized spacial score (nSPS) is 11.2. The number of carbonyl (C=O) groups is 1. The van der Waals surface area contributed by atoms with Crippen molar-refractivity contribution in [3.05, 3.63) is 51.2 Å². The van der Waals surface area contributed by atoms with Crippen LogP contribution in [0.1, 0.15) is 16.1 Å². The number of carboxylic acids is 1. The van der Waals surface area contributed by atoms with Gasteiger partial charge < -0.3 is 9.84 Å². The molecule has 0 atom stereocenters. The van der Waals surface area contributed by atoms with Gasteiger partial charge in [0, 0.05) is 0 Å². The van der Waals surface area contributed by atoms with Gasteiger partial charge in [-0.3, -0.25) is 0 Å². The van der Waals surface area contributed by atoms with Gasteiger partial charge in [0.1, 0.15) is 17.0 Å². The van der Waals surface area contributed by atoms with Crippen molar-refractivity contribution in [3.63, 3.8) is 0 Å². The lowest BCUT2D eigenvalue weighted by atomic mass is 10.2. The Labute approximate surface area is 130 Å². The van der Waals surface area contributed by atoms with E-state index in [-0.39, 0.29) is 5.75 Å². The SMILES string of the molecule is O=C(O)c1ccc(C(F)(F)F)nc1Oc1ccccc1I. The summed E-state index contributed by atoms with van der Waals surface area (Å²) in [6, 6.07) is 7.94. The highest BCUT2D eigenvalue weighted by Crippen LogP contribution is 2.33. The second-order valence-corrected chi connectivity index (χ2v) is 5.05. The average molecular weight is 409 g/mol. The number of ether oxygens (including phenoxy) is 1. The first-order valence-corrected chi connectivity index (χ1v) is 6.61. The highest BCUT2D eigenvalue weighted by atomic mass is 127. The largest absolute Gasteiger partial charge is 0.477 e. The van der Waals surface area contributed by atoms with Crippen molar-refractivity contribution >= 4 is 28.6 Å². The van der Waals surface area contributed by atoms with Crippen LogP contribution in [0.15, 0.2) is 36.4 Å². The summed E-state index contributed by atoms with van der Waals surface area (Å²) in [4.78, 5) is 14.3. The van der Waals surface area contributed by atoms with Gasteiger partial charge in [-0.2, -0.15) is 13.2 Å². The molecule has 8 heteroatoms. The fourth-order valence-corrected chi connectivity index (χ4v) is 1.97. The Hall–Kier alpha value is -1.84. The van der Waals surface area contributed by atoms with E-state index >= 15 is 0 Å². The molecule has 0 radical (unpaired) electrons. The molecule has 0 bridgehead atoms. The number of carboxylic acid groups (broad SMARTS) is 1. The van der Waals surface area contributed by atoms with Crippen molar-refractivity contribution in [1.82, 2.24) is 4.98 Å². The highest BCUT2D eigenvalue weighted by Gasteiger charge is 2.34. The summed E-state index contributed by atoms with van der Waals surface area (Å²) in [5.41, 5.74) is -1.66. The van der Waals surface area contributed by atoms with E-state index in [1.54, 1.807) is 18.2 Å². The maximum atomic E-state index is 12.7. The number of benzene rings is 1. The van der Waals surface area contributed by atoms with Crippen LogP contribution in [-0.2, 0) is 6.18 Å². The van der Waals surface area contributed by atoms with Crippen LogP contribution in [-0.4, -0.2) is 16.1 Å². The lowest BCUT2D eigenvalue weighted by Crippen LogP contribution is -2.11. The molecule has 1 heterocycles. The van der Waals surface area contributed by atoms with Crippen LogP contribution in [0, 0.1) is 3.57 Å². The molecule has 110 valence electrons. The lowest BCUT2D eigenvalue weighted by Gasteiger charge is -2.12. The molecule has 0 spiro atoms. The molecule has 0 aliphatic rings. The van der Waals surface area contributed by atoms with Crippen molar-refractivity contribution < 1.29 is 27.8 Å². The molecule has 0 aliphatic carbocycles. The zero-order valence-electron chi connectivity index (χ0n) is 10.2. The summed E-state index contributed by atoms with van der Waals surface area (Å²) in [7, 11) is 0. The Kier molecular flexibility index (Phi) is 4.35. The van der Waals surface area contributed by atoms with Crippen molar-refractivity contribution in [2.24, 2.45) is 0 Å². The Balaban J connectivity index is 2.49. The molecule has 0 saturated carbocycles. The first kappa shape index (κ1) is 15.5. The van der Waals surface area contributed by atoms with Gasteiger partial charge in [0.15, 0.2) is 0 Å². The zero-order valence-corrected chi connectivity index (χ0v) is 12.3. The van der Waals surface area contributed by atoms with Gasteiger partial charge in [-0.25, -0.2) is 9.78 Å². The van der Waals surface area contributed by atoms with E-state index in [1.165, 1.54) is 6.07 Å². The van der Waals surface area contributed by atoms with E-state index in [4.69, 9.17) is 9.84 Å². The second kappa shape index (κ2) is 5.88. The average Bonchev–Trinajstić information content (AvgIpc) is 2.40. The van der Waals surface area contributed by atoms with Crippen LogP contribution in [0.2, 0.25) is 0 Å². The molecule has 2 rings (SSSR count). The van der Waals surface area contributed by atoms with Gasteiger partial charge in [0.25, 0.3) is 0 Å². The molecule has 0 fully saturated rings. The molecule has 2 aromatic rings. The molecular weight excluding hydrogens is 402 g/mol. The van der Waals surface area contributed by atoms with Crippen molar-refractivity contribution in [2.45, 2.75) is 6.18 Å². The van der Waals surface area contributed by atoms with E-state index in [9.17, 15) is 18.0 Å². The lowest BCUT2D eigenvalue weighted by molar-refractivity contribution is -0.141. The van der Waals surface area contributed by atoms with E-state index in [1.807, 2.05) is 22.6 Å². The standard InChI is InChI=1S/C13H7F3INO3/c14-13(15,16)10-6-5-7(12(19)20)11(18-10)21-9-4-2-1-3-8(9)17/h1-6H,(H,19,20). The maximum absolute atomic E-state index is 12.7. The fourth-order valence-electron chi connectivity index (χ4n) is 1.47. The van der Waals surface area contributed by atoms with E-state index in [0.29, 0.717) is 9.64 Å².